The highest BCUT2D eigenvalue weighted by atomic mass is 16.5. The van der Waals surface area contributed by atoms with E-state index in [1.54, 1.807) is 30.5 Å². The molecule has 0 radical (unpaired) electrons. The van der Waals surface area contributed by atoms with Crippen LogP contribution in [0.15, 0.2) is 30.6 Å². The van der Waals surface area contributed by atoms with E-state index in [1.165, 1.54) is 6.92 Å². The molecule has 0 fully saturated rings. The molecule has 7 heteroatoms. The molecule has 0 saturated heterocycles. The molecule has 1 aliphatic rings. The number of nitrogens with zero attached hydrogens (tertiary/aromatic N) is 2. The van der Waals surface area contributed by atoms with Crippen molar-refractivity contribution < 1.29 is 14.3 Å². The number of ether oxygens (including phenoxy) is 1. The van der Waals surface area contributed by atoms with Crippen molar-refractivity contribution in [1.82, 2.24) is 14.9 Å². The number of hydrogen-bond donors (Lipinski definition) is 2. The van der Waals surface area contributed by atoms with Crippen molar-refractivity contribution in [3.8, 4) is 5.75 Å². The molecule has 0 spiro atoms. The number of benzene rings is 1. The lowest BCUT2D eigenvalue weighted by Gasteiger charge is -2.33. The Morgan fingerprint density at radius 2 is 2.17 bits per heavy atom. The number of aromatic nitrogens is 2. The number of imidazole rings is 1. The van der Waals surface area contributed by atoms with Crippen molar-refractivity contribution in [3.63, 3.8) is 0 Å². The number of carbonyl (C=O) groups is 2. The Morgan fingerprint density at radius 1 is 1.39 bits per heavy atom. The summed E-state index contributed by atoms with van der Waals surface area (Å²) >= 11 is 0. The Morgan fingerprint density at radius 3 is 2.91 bits per heavy atom. The van der Waals surface area contributed by atoms with Gasteiger partial charge in [-0.3, -0.25) is 9.59 Å². The maximum atomic E-state index is 12.7. The average Bonchev–Trinajstić information content (AvgIpc) is 3.01. The molecule has 1 atom stereocenters. The maximum absolute atomic E-state index is 12.7. The number of carbonyl (C=O) groups excluding carboxylic acids is 2. The number of nitrogens with one attached hydrogen (secondary N) is 2. The lowest BCUT2D eigenvalue weighted by Crippen LogP contribution is -2.50. The molecule has 1 aromatic carbocycles. The largest absolute Gasteiger partial charge is 0.495 e. The summed E-state index contributed by atoms with van der Waals surface area (Å²) < 4.78 is 5.24. The molecule has 3 rings (SSSR count). The first-order valence-corrected chi connectivity index (χ1v) is 7.32. The average molecular weight is 314 g/mol. The number of fused-ring (bicyclic) bond motifs is 1. The standard InChI is InChI=1S/C16H18N4O3/c1-10(21)20-8-13-12(17-9-18-13)7-14(20)16(22)19-11-5-3-4-6-15(11)23-2/h3-6,9,14H,7-8H2,1-2H3,(H,17,18)(H,19,22)/t14-/m0/s1. The highest BCUT2D eigenvalue weighted by Crippen LogP contribution is 2.26. The summed E-state index contributed by atoms with van der Waals surface area (Å²) in [6, 6.07) is 6.58. The predicted molar refractivity (Wildman–Crippen MR) is 83.9 cm³/mol. The van der Waals surface area contributed by atoms with E-state index in [9.17, 15) is 9.59 Å². The third-order valence-corrected chi connectivity index (χ3v) is 3.97. The van der Waals surface area contributed by atoms with Crippen molar-refractivity contribution in [2.75, 3.05) is 12.4 Å². The van der Waals surface area contributed by atoms with Gasteiger partial charge in [-0.05, 0) is 12.1 Å². The van der Waals surface area contributed by atoms with E-state index >= 15 is 0 Å². The Bertz CT molecular complexity index is 740. The van der Waals surface area contributed by atoms with Gasteiger partial charge in [-0.25, -0.2) is 4.98 Å². The molecule has 23 heavy (non-hydrogen) atoms. The lowest BCUT2D eigenvalue weighted by molar-refractivity contribution is -0.138. The van der Waals surface area contributed by atoms with Gasteiger partial charge in [0.2, 0.25) is 11.8 Å². The van der Waals surface area contributed by atoms with Gasteiger partial charge in [-0.15, -0.1) is 0 Å². The molecule has 0 unspecified atom stereocenters. The zero-order valence-corrected chi connectivity index (χ0v) is 13.0. The Labute approximate surface area is 133 Å². The van der Waals surface area contributed by atoms with E-state index < -0.39 is 6.04 Å². The van der Waals surface area contributed by atoms with Crippen LogP contribution >= 0.6 is 0 Å². The highest BCUT2D eigenvalue weighted by Gasteiger charge is 2.34. The second-order valence-electron chi connectivity index (χ2n) is 5.38. The predicted octanol–water partition coefficient (Wildman–Crippen LogP) is 1.33. The fourth-order valence-electron chi connectivity index (χ4n) is 2.76. The normalized spacial score (nSPS) is 16.6. The Balaban J connectivity index is 1.84. The minimum atomic E-state index is -0.590. The van der Waals surface area contributed by atoms with Gasteiger partial charge in [-0.2, -0.15) is 0 Å². The van der Waals surface area contributed by atoms with E-state index in [0.717, 1.165) is 11.4 Å². The van der Waals surface area contributed by atoms with E-state index in [0.29, 0.717) is 24.4 Å². The minimum Gasteiger partial charge on any atom is -0.495 e. The third-order valence-electron chi connectivity index (χ3n) is 3.97. The second-order valence-corrected chi connectivity index (χ2v) is 5.38. The number of rotatable bonds is 3. The molecule has 2 aromatic rings. The number of para-hydroxylation sites is 2. The summed E-state index contributed by atoms with van der Waals surface area (Å²) in [4.78, 5) is 33.4. The molecular weight excluding hydrogens is 296 g/mol. The molecule has 1 aromatic heterocycles. The van der Waals surface area contributed by atoms with Gasteiger partial charge in [-0.1, -0.05) is 12.1 Å². The van der Waals surface area contributed by atoms with Crippen molar-refractivity contribution in [3.05, 3.63) is 42.0 Å². The summed E-state index contributed by atoms with van der Waals surface area (Å²) in [5.41, 5.74) is 2.28. The van der Waals surface area contributed by atoms with E-state index in [2.05, 4.69) is 15.3 Å². The molecule has 0 bridgehead atoms. The number of amides is 2. The Kier molecular flexibility index (Phi) is 4.01. The van der Waals surface area contributed by atoms with Crippen LogP contribution in [0.1, 0.15) is 18.3 Å². The first kappa shape index (κ1) is 15.1. The first-order valence-electron chi connectivity index (χ1n) is 7.32. The maximum Gasteiger partial charge on any atom is 0.247 e. The molecule has 0 aliphatic carbocycles. The van der Waals surface area contributed by atoms with Crippen LogP contribution in [0.2, 0.25) is 0 Å². The third kappa shape index (κ3) is 2.90. The summed E-state index contributed by atoms with van der Waals surface area (Å²) in [5.74, 6) is 0.176. The molecule has 1 aliphatic heterocycles. The van der Waals surface area contributed by atoms with E-state index in [1.807, 2.05) is 12.1 Å². The van der Waals surface area contributed by atoms with Gasteiger partial charge < -0.3 is 19.9 Å². The first-order chi connectivity index (χ1) is 11.1. The van der Waals surface area contributed by atoms with Gasteiger partial charge >= 0.3 is 0 Å². The second kappa shape index (κ2) is 6.12. The van der Waals surface area contributed by atoms with Crippen LogP contribution in [0.5, 0.6) is 5.75 Å². The molecule has 2 heterocycles. The summed E-state index contributed by atoms with van der Waals surface area (Å²) in [5, 5.41) is 2.84. The van der Waals surface area contributed by atoms with Crippen molar-refractivity contribution in [2.24, 2.45) is 0 Å². The topological polar surface area (TPSA) is 87.3 Å². The van der Waals surface area contributed by atoms with Crippen molar-refractivity contribution in [1.29, 1.82) is 0 Å². The van der Waals surface area contributed by atoms with Gasteiger partial charge in [0.15, 0.2) is 0 Å². The monoisotopic (exact) mass is 314 g/mol. The van der Waals surface area contributed by atoms with Gasteiger partial charge in [0, 0.05) is 13.3 Å². The number of anilines is 1. The Hall–Kier alpha value is -2.83. The number of methoxy groups -OCH3 is 1. The van der Waals surface area contributed by atoms with Crippen LogP contribution < -0.4 is 10.1 Å². The molecule has 2 amide bonds. The smallest absolute Gasteiger partial charge is 0.247 e. The lowest BCUT2D eigenvalue weighted by atomic mass is 10.0. The van der Waals surface area contributed by atoms with Gasteiger partial charge in [0.1, 0.15) is 11.8 Å². The van der Waals surface area contributed by atoms with E-state index in [-0.39, 0.29) is 11.8 Å². The zero-order valence-electron chi connectivity index (χ0n) is 13.0. The van der Waals surface area contributed by atoms with Crippen molar-refractivity contribution >= 4 is 17.5 Å². The van der Waals surface area contributed by atoms with Crippen LogP contribution in [0, 0.1) is 0 Å². The van der Waals surface area contributed by atoms with Crippen LogP contribution in [0.25, 0.3) is 0 Å². The quantitative estimate of drug-likeness (QED) is 0.895. The molecular formula is C16H18N4O3. The van der Waals surface area contributed by atoms with Crippen molar-refractivity contribution in [2.45, 2.75) is 25.9 Å². The number of hydrogen-bond acceptors (Lipinski definition) is 4. The molecule has 0 saturated carbocycles. The highest BCUT2D eigenvalue weighted by molar-refractivity contribution is 5.98. The molecule has 120 valence electrons. The van der Waals surface area contributed by atoms with Crippen LogP contribution in [-0.4, -0.2) is 39.8 Å². The van der Waals surface area contributed by atoms with Crippen LogP contribution in [-0.2, 0) is 22.6 Å². The van der Waals surface area contributed by atoms with Gasteiger partial charge in [0.05, 0.1) is 37.1 Å². The molecule has 2 N–H and O–H groups in total. The van der Waals surface area contributed by atoms with Crippen LogP contribution in [0.4, 0.5) is 5.69 Å². The number of H-pyrrole nitrogens is 1. The van der Waals surface area contributed by atoms with Crippen LogP contribution in [0.3, 0.4) is 0 Å². The van der Waals surface area contributed by atoms with Gasteiger partial charge in [0.25, 0.3) is 0 Å². The summed E-state index contributed by atoms with van der Waals surface area (Å²) in [6.07, 6.45) is 1.98. The number of aromatic amines is 1. The molecule has 7 nitrogen and oxygen atoms in total. The minimum absolute atomic E-state index is 0.148. The summed E-state index contributed by atoms with van der Waals surface area (Å²) in [7, 11) is 1.55. The summed E-state index contributed by atoms with van der Waals surface area (Å²) in [6.45, 7) is 1.82. The van der Waals surface area contributed by atoms with E-state index in [4.69, 9.17) is 4.74 Å². The zero-order chi connectivity index (χ0) is 16.4. The fourth-order valence-corrected chi connectivity index (χ4v) is 2.76. The SMILES string of the molecule is COc1ccccc1NC(=O)[C@@H]1Cc2nc[nH]c2CN1C(C)=O. The fraction of sp³-hybridized carbons (Fsp3) is 0.312.